The van der Waals surface area contributed by atoms with Gasteiger partial charge in [-0.1, -0.05) is 25.1 Å². The minimum Gasteiger partial charge on any atom is -0.492 e. The van der Waals surface area contributed by atoms with Crippen LogP contribution in [0.3, 0.4) is 0 Å². The Balaban J connectivity index is 1.96. The summed E-state index contributed by atoms with van der Waals surface area (Å²) in [6.45, 7) is 9.21. The lowest BCUT2D eigenvalue weighted by Crippen LogP contribution is -2.39. The van der Waals surface area contributed by atoms with Crippen LogP contribution in [0.4, 0.5) is 4.79 Å². The topological polar surface area (TPSA) is 38.8 Å². The van der Waals surface area contributed by atoms with Gasteiger partial charge >= 0.3 is 6.09 Å². The van der Waals surface area contributed by atoms with E-state index in [1.165, 1.54) is 5.56 Å². The molecule has 2 aliphatic heterocycles. The Kier molecular flexibility index (Phi) is 4.09. The van der Waals surface area contributed by atoms with Crippen LogP contribution in [0.25, 0.3) is 5.70 Å². The highest BCUT2D eigenvalue weighted by atomic mass is 16.6. The van der Waals surface area contributed by atoms with E-state index in [9.17, 15) is 4.79 Å². The predicted octanol–water partition coefficient (Wildman–Crippen LogP) is 4.24. The Labute approximate surface area is 138 Å². The number of hydrogen-bond donors (Lipinski definition) is 0. The summed E-state index contributed by atoms with van der Waals surface area (Å²) >= 11 is 0. The second-order valence-corrected chi connectivity index (χ2v) is 7.41. The fourth-order valence-corrected chi connectivity index (χ4v) is 3.07. The van der Waals surface area contributed by atoms with Gasteiger partial charge in [-0.05, 0) is 44.7 Å². The molecule has 0 unspecified atom stereocenters. The number of benzene rings is 1. The zero-order valence-corrected chi connectivity index (χ0v) is 14.4. The summed E-state index contributed by atoms with van der Waals surface area (Å²) in [5.41, 5.74) is 2.62. The molecule has 0 aliphatic carbocycles. The molecule has 0 aromatic heterocycles. The predicted molar refractivity (Wildman–Crippen MR) is 90.3 cm³/mol. The van der Waals surface area contributed by atoms with Gasteiger partial charge in [-0.2, -0.15) is 0 Å². The standard InChI is InChI=1S/C19H25NO3/c1-13-8-9-16(20(12-13)18(21)23-19(2,3)4)15-7-5-6-14-10-11-22-17(14)15/h5-7,9,13H,8,10-12H2,1-4H3/t13-/m0/s1. The van der Waals surface area contributed by atoms with Crippen molar-refractivity contribution in [2.45, 2.75) is 46.1 Å². The van der Waals surface area contributed by atoms with Crippen molar-refractivity contribution in [2.24, 2.45) is 5.92 Å². The molecule has 1 amide bonds. The number of para-hydroxylation sites is 1. The molecule has 0 saturated heterocycles. The monoisotopic (exact) mass is 315 g/mol. The van der Waals surface area contributed by atoms with E-state index >= 15 is 0 Å². The number of ether oxygens (including phenoxy) is 2. The first kappa shape index (κ1) is 15.9. The van der Waals surface area contributed by atoms with Gasteiger partial charge in [0.1, 0.15) is 11.4 Å². The van der Waals surface area contributed by atoms with E-state index in [1.807, 2.05) is 32.9 Å². The maximum Gasteiger partial charge on any atom is 0.414 e. The molecule has 4 nitrogen and oxygen atoms in total. The van der Waals surface area contributed by atoms with Crippen LogP contribution in [0.15, 0.2) is 24.3 Å². The zero-order chi connectivity index (χ0) is 16.6. The van der Waals surface area contributed by atoms with Gasteiger partial charge in [0.05, 0.1) is 12.3 Å². The largest absolute Gasteiger partial charge is 0.492 e. The highest BCUT2D eigenvalue weighted by Gasteiger charge is 2.31. The molecule has 2 heterocycles. The van der Waals surface area contributed by atoms with E-state index < -0.39 is 5.60 Å². The summed E-state index contributed by atoms with van der Waals surface area (Å²) in [7, 11) is 0. The Hall–Kier alpha value is -1.97. The van der Waals surface area contributed by atoms with Crippen molar-refractivity contribution in [2.75, 3.05) is 13.2 Å². The fraction of sp³-hybridized carbons (Fsp3) is 0.526. The quantitative estimate of drug-likeness (QED) is 0.778. The molecule has 0 fully saturated rings. The molecule has 1 atom stereocenters. The number of carbonyl (C=O) groups excluding carboxylic acids is 1. The minimum atomic E-state index is -0.502. The number of nitrogens with zero attached hydrogens (tertiary/aromatic N) is 1. The summed E-state index contributed by atoms with van der Waals surface area (Å²) in [6.07, 6.45) is 3.73. The molecule has 1 aromatic rings. The van der Waals surface area contributed by atoms with Crippen molar-refractivity contribution >= 4 is 11.8 Å². The molecule has 0 saturated carbocycles. The number of fused-ring (bicyclic) bond motifs is 1. The Morgan fingerprint density at radius 3 is 2.87 bits per heavy atom. The van der Waals surface area contributed by atoms with Gasteiger partial charge < -0.3 is 9.47 Å². The molecule has 4 heteroatoms. The highest BCUT2D eigenvalue weighted by Crippen LogP contribution is 2.38. The maximum atomic E-state index is 12.7. The maximum absolute atomic E-state index is 12.7. The smallest absolute Gasteiger partial charge is 0.414 e. The van der Waals surface area contributed by atoms with Crippen molar-refractivity contribution in [1.29, 1.82) is 0 Å². The summed E-state index contributed by atoms with van der Waals surface area (Å²) < 4.78 is 11.4. The Morgan fingerprint density at radius 2 is 2.13 bits per heavy atom. The summed E-state index contributed by atoms with van der Waals surface area (Å²) in [5.74, 6) is 1.34. The lowest BCUT2D eigenvalue weighted by Gasteiger charge is -2.34. The number of carbonyl (C=O) groups is 1. The van der Waals surface area contributed by atoms with E-state index in [1.54, 1.807) is 4.90 Å². The van der Waals surface area contributed by atoms with E-state index in [2.05, 4.69) is 19.1 Å². The van der Waals surface area contributed by atoms with Crippen LogP contribution in [-0.2, 0) is 11.2 Å². The third kappa shape index (κ3) is 3.36. The minimum absolute atomic E-state index is 0.286. The molecule has 0 radical (unpaired) electrons. The van der Waals surface area contributed by atoms with E-state index in [4.69, 9.17) is 9.47 Å². The summed E-state index contributed by atoms with van der Waals surface area (Å²) in [4.78, 5) is 14.4. The molecule has 0 N–H and O–H groups in total. The van der Waals surface area contributed by atoms with E-state index in [0.29, 0.717) is 19.1 Å². The molecule has 124 valence electrons. The molecule has 2 aliphatic rings. The number of allylic oxidation sites excluding steroid dienone is 1. The van der Waals surface area contributed by atoms with Gasteiger partial charge in [0.15, 0.2) is 0 Å². The Morgan fingerprint density at radius 1 is 1.35 bits per heavy atom. The van der Waals surface area contributed by atoms with Gasteiger partial charge in [-0.15, -0.1) is 0 Å². The first-order valence-electron chi connectivity index (χ1n) is 8.31. The molecule has 1 aromatic carbocycles. The average molecular weight is 315 g/mol. The lowest BCUT2D eigenvalue weighted by molar-refractivity contribution is 0.0327. The van der Waals surface area contributed by atoms with Crippen molar-refractivity contribution in [3.63, 3.8) is 0 Å². The zero-order valence-electron chi connectivity index (χ0n) is 14.4. The van der Waals surface area contributed by atoms with Gasteiger partial charge in [0.2, 0.25) is 0 Å². The third-order valence-electron chi connectivity index (χ3n) is 4.10. The van der Waals surface area contributed by atoms with E-state index in [0.717, 1.165) is 29.9 Å². The first-order chi connectivity index (χ1) is 10.8. The molecule has 23 heavy (non-hydrogen) atoms. The number of amides is 1. The van der Waals surface area contributed by atoms with Crippen LogP contribution in [0, 0.1) is 5.92 Å². The normalized spacial score (nSPS) is 20.6. The van der Waals surface area contributed by atoms with Crippen molar-refractivity contribution < 1.29 is 14.3 Å². The average Bonchev–Trinajstić information content (AvgIpc) is 2.94. The fourth-order valence-electron chi connectivity index (χ4n) is 3.07. The molecular weight excluding hydrogens is 290 g/mol. The molecule has 0 spiro atoms. The van der Waals surface area contributed by atoms with Crippen LogP contribution >= 0.6 is 0 Å². The summed E-state index contributed by atoms with van der Waals surface area (Å²) in [6, 6.07) is 6.16. The van der Waals surface area contributed by atoms with Crippen LogP contribution in [0.1, 0.15) is 45.2 Å². The summed E-state index contributed by atoms with van der Waals surface area (Å²) in [5, 5.41) is 0. The SMILES string of the molecule is C[C@H]1CC=C(c2cccc3c2OCC3)N(C(=O)OC(C)(C)C)C1. The molecule has 0 bridgehead atoms. The van der Waals surface area contributed by atoms with Gasteiger partial charge in [-0.25, -0.2) is 4.79 Å². The van der Waals surface area contributed by atoms with Crippen LogP contribution < -0.4 is 4.74 Å². The first-order valence-corrected chi connectivity index (χ1v) is 8.31. The second kappa shape index (κ2) is 5.91. The van der Waals surface area contributed by atoms with Crippen molar-refractivity contribution in [3.05, 3.63) is 35.4 Å². The van der Waals surface area contributed by atoms with E-state index in [-0.39, 0.29) is 6.09 Å². The van der Waals surface area contributed by atoms with Crippen LogP contribution in [-0.4, -0.2) is 29.7 Å². The van der Waals surface area contributed by atoms with Crippen molar-refractivity contribution in [1.82, 2.24) is 4.90 Å². The highest BCUT2D eigenvalue weighted by molar-refractivity contribution is 5.85. The van der Waals surface area contributed by atoms with Gasteiger partial charge in [-0.3, -0.25) is 4.90 Å². The number of rotatable bonds is 1. The Bertz CT molecular complexity index is 643. The third-order valence-corrected chi connectivity index (χ3v) is 4.10. The molecule has 3 rings (SSSR count). The van der Waals surface area contributed by atoms with Gasteiger partial charge in [0, 0.05) is 18.5 Å². The lowest BCUT2D eigenvalue weighted by atomic mass is 9.97. The van der Waals surface area contributed by atoms with Gasteiger partial charge in [0.25, 0.3) is 0 Å². The second-order valence-electron chi connectivity index (χ2n) is 7.41. The number of hydrogen-bond acceptors (Lipinski definition) is 3. The van der Waals surface area contributed by atoms with Crippen LogP contribution in [0.2, 0.25) is 0 Å². The van der Waals surface area contributed by atoms with Crippen molar-refractivity contribution in [3.8, 4) is 5.75 Å². The molecular formula is C19H25NO3. The van der Waals surface area contributed by atoms with Crippen LogP contribution in [0.5, 0.6) is 5.75 Å².